The Labute approximate surface area is 223 Å². The Bertz CT molecular complexity index is 1300. The fraction of sp³-hybridized carbons (Fsp3) is 0.179. The number of nitrogens with zero attached hydrogens (tertiary/aromatic N) is 1. The van der Waals surface area contributed by atoms with Crippen LogP contribution in [0.3, 0.4) is 0 Å². The highest BCUT2D eigenvalue weighted by atomic mass is 127. The number of ether oxygens (including phenoxy) is 2. The monoisotopic (exact) mass is 596 g/mol. The minimum Gasteiger partial charge on any atom is -0.490 e. The highest BCUT2D eigenvalue weighted by Crippen LogP contribution is 2.35. The smallest absolute Gasteiger partial charge is 0.335 e. The quantitative estimate of drug-likeness (QED) is 0.175. The third-order valence-corrected chi connectivity index (χ3v) is 6.04. The molecule has 0 aliphatic rings. The van der Waals surface area contributed by atoms with Gasteiger partial charge < -0.3 is 19.9 Å². The van der Waals surface area contributed by atoms with Gasteiger partial charge in [0.1, 0.15) is 18.2 Å². The first-order valence-corrected chi connectivity index (χ1v) is 12.3. The Balaban J connectivity index is 1.80. The number of aromatic carboxylic acids is 1. The van der Waals surface area contributed by atoms with Crippen LogP contribution in [0.1, 0.15) is 46.9 Å². The number of hydrogen-bond donors (Lipinski definition) is 2. The van der Waals surface area contributed by atoms with E-state index in [4.69, 9.17) is 14.6 Å². The van der Waals surface area contributed by atoms with Gasteiger partial charge in [-0.3, -0.25) is 4.79 Å². The van der Waals surface area contributed by atoms with E-state index in [1.165, 1.54) is 18.2 Å². The lowest BCUT2D eigenvalue weighted by molar-refractivity contribution is -0.117. The summed E-state index contributed by atoms with van der Waals surface area (Å²) in [5.74, 6) is -0.447. The van der Waals surface area contributed by atoms with Gasteiger partial charge in [0.25, 0.3) is 5.91 Å². The van der Waals surface area contributed by atoms with Crippen molar-refractivity contribution in [2.24, 2.45) is 0 Å². The van der Waals surface area contributed by atoms with Crippen LogP contribution >= 0.6 is 22.6 Å². The number of benzene rings is 3. The van der Waals surface area contributed by atoms with E-state index in [1.54, 1.807) is 24.3 Å². The lowest BCUT2D eigenvalue weighted by atomic mass is 10.1. The van der Waals surface area contributed by atoms with Crippen LogP contribution in [0, 0.1) is 14.9 Å². The van der Waals surface area contributed by atoms with Crippen LogP contribution in [0.5, 0.6) is 11.5 Å². The molecule has 3 aromatic rings. The molecule has 0 aromatic heterocycles. The van der Waals surface area contributed by atoms with Crippen molar-refractivity contribution in [2.45, 2.75) is 26.5 Å². The molecule has 8 heteroatoms. The highest BCUT2D eigenvalue weighted by molar-refractivity contribution is 14.1. The summed E-state index contributed by atoms with van der Waals surface area (Å²) in [5.41, 5.74) is 2.55. The van der Waals surface area contributed by atoms with Crippen LogP contribution in [0.25, 0.3) is 6.08 Å². The van der Waals surface area contributed by atoms with E-state index in [1.807, 2.05) is 50.2 Å². The van der Waals surface area contributed by atoms with Crippen LogP contribution in [-0.2, 0) is 11.4 Å². The molecule has 3 rings (SSSR count). The molecule has 36 heavy (non-hydrogen) atoms. The molecule has 0 aliphatic carbocycles. The largest absolute Gasteiger partial charge is 0.490 e. The molecule has 0 spiro atoms. The van der Waals surface area contributed by atoms with Crippen molar-refractivity contribution in [1.82, 2.24) is 5.32 Å². The average molecular weight is 596 g/mol. The van der Waals surface area contributed by atoms with Crippen molar-refractivity contribution in [3.63, 3.8) is 0 Å². The van der Waals surface area contributed by atoms with Gasteiger partial charge in [0.2, 0.25) is 0 Å². The maximum atomic E-state index is 12.8. The summed E-state index contributed by atoms with van der Waals surface area (Å²) in [7, 11) is 0. The van der Waals surface area contributed by atoms with Gasteiger partial charge in [-0.15, -0.1) is 0 Å². The summed E-state index contributed by atoms with van der Waals surface area (Å²) in [4.78, 5) is 23.8. The maximum Gasteiger partial charge on any atom is 0.335 e. The Morgan fingerprint density at radius 1 is 1.11 bits per heavy atom. The standard InChI is InChI=1S/C28H25IN2O5/c1-3-35-25-15-20(13-23(16-30)27(32)31-18(2)21-7-5-4-6-8-21)14-24(29)26(25)36-17-19-9-11-22(12-10-19)28(33)34/h4-15,18H,3,17H2,1-2H3,(H,31,32)(H,33,34)/b23-13-/t18-/m1/s1. The lowest BCUT2D eigenvalue weighted by Gasteiger charge is -2.16. The molecule has 0 unspecified atom stereocenters. The van der Waals surface area contributed by atoms with Gasteiger partial charge in [-0.25, -0.2) is 4.79 Å². The number of rotatable bonds is 10. The normalized spacial score (nSPS) is 11.8. The third-order valence-electron chi connectivity index (χ3n) is 5.24. The molecule has 1 amide bonds. The minimum absolute atomic E-state index is 0.0248. The van der Waals surface area contributed by atoms with Crippen molar-refractivity contribution in [3.05, 3.63) is 98.1 Å². The van der Waals surface area contributed by atoms with Crippen molar-refractivity contribution in [2.75, 3.05) is 6.61 Å². The number of carbonyl (C=O) groups excluding carboxylic acids is 1. The minimum atomic E-state index is -0.987. The third kappa shape index (κ3) is 7.09. The molecule has 0 heterocycles. The number of amides is 1. The molecular formula is C28H25IN2O5. The summed E-state index contributed by atoms with van der Waals surface area (Å²) >= 11 is 2.12. The molecule has 0 bridgehead atoms. The van der Waals surface area contributed by atoms with E-state index in [-0.39, 0.29) is 23.8 Å². The van der Waals surface area contributed by atoms with E-state index in [2.05, 4.69) is 27.9 Å². The van der Waals surface area contributed by atoms with E-state index in [0.717, 1.165) is 14.7 Å². The maximum absolute atomic E-state index is 12.8. The Hall–Kier alpha value is -3.84. The Morgan fingerprint density at radius 3 is 2.42 bits per heavy atom. The van der Waals surface area contributed by atoms with Crippen molar-refractivity contribution in [1.29, 1.82) is 5.26 Å². The first kappa shape index (κ1) is 26.8. The summed E-state index contributed by atoms with van der Waals surface area (Å²) < 4.78 is 12.5. The topological polar surface area (TPSA) is 109 Å². The number of hydrogen-bond acceptors (Lipinski definition) is 5. The van der Waals surface area contributed by atoms with Gasteiger partial charge in [0.15, 0.2) is 11.5 Å². The van der Waals surface area contributed by atoms with Crippen LogP contribution in [0.4, 0.5) is 0 Å². The van der Waals surface area contributed by atoms with Crippen molar-refractivity contribution in [3.8, 4) is 17.6 Å². The fourth-order valence-electron chi connectivity index (χ4n) is 3.39. The number of halogens is 1. The summed E-state index contributed by atoms with van der Waals surface area (Å²) in [6.45, 7) is 4.32. The summed E-state index contributed by atoms with van der Waals surface area (Å²) in [6.07, 6.45) is 1.52. The Morgan fingerprint density at radius 2 is 1.81 bits per heavy atom. The zero-order valence-electron chi connectivity index (χ0n) is 19.8. The van der Waals surface area contributed by atoms with E-state index in [0.29, 0.717) is 23.7 Å². The molecule has 0 aliphatic heterocycles. The summed E-state index contributed by atoms with van der Waals surface area (Å²) in [6, 6.07) is 21.2. The van der Waals surface area contributed by atoms with Gasteiger partial charge >= 0.3 is 5.97 Å². The lowest BCUT2D eigenvalue weighted by Crippen LogP contribution is -2.27. The molecule has 0 radical (unpaired) electrons. The van der Waals surface area contributed by atoms with E-state index < -0.39 is 11.9 Å². The number of nitrogens with one attached hydrogen (secondary N) is 1. The number of carboxylic acids is 1. The van der Waals surface area contributed by atoms with E-state index >= 15 is 0 Å². The second kappa shape index (κ2) is 12.7. The SMILES string of the molecule is CCOc1cc(/C=C(/C#N)C(=O)N[C@H](C)c2ccccc2)cc(I)c1OCc1ccc(C(=O)O)cc1. The number of carboxylic acid groups (broad SMARTS) is 1. The molecule has 0 saturated carbocycles. The first-order valence-electron chi connectivity index (χ1n) is 11.2. The van der Waals surface area contributed by atoms with Crippen molar-refractivity contribution >= 4 is 40.5 Å². The zero-order valence-corrected chi connectivity index (χ0v) is 22.0. The second-order valence-corrected chi connectivity index (χ2v) is 8.99. The first-order chi connectivity index (χ1) is 17.3. The molecule has 1 atom stereocenters. The predicted octanol–water partition coefficient (Wildman–Crippen LogP) is 5.75. The number of carbonyl (C=O) groups is 2. The van der Waals surface area contributed by atoms with Crippen LogP contribution < -0.4 is 14.8 Å². The molecule has 0 fully saturated rings. The molecular weight excluding hydrogens is 571 g/mol. The molecule has 3 aromatic carbocycles. The van der Waals surface area contributed by atoms with Crippen LogP contribution in [-0.4, -0.2) is 23.6 Å². The van der Waals surface area contributed by atoms with E-state index in [9.17, 15) is 14.9 Å². The van der Waals surface area contributed by atoms with Crippen molar-refractivity contribution < 1.29 is 24.2 Å². The average Bonchev–Trinajstić information content (AvgIpc) is 2.87. The second-order valence-electron chi connectivity index (χ2n) is 7.83. The van der Waals surface area contributed by atoms with Gasteiger partial charge in [0.05, 0.1) is 21.8 Å². The van der Waals surface area contributed by atoms with Gasteiger partial charge in [-0.05, 0) is 83.5 Å². The van der Waals surface area contributed by atoms with Crippen LogP contribution in [0.15, 0.2) is 72.3 Å². The fourth-order valence-corrected chi connectivity index (χ4v) is 4.17. The molecule has 184 valence electrons. The van der Waals surface area contributed by atoms with Gasteiger partial charge in [-0.2, -0.15) is 5.26 Å². The molecule has 2 N–H and O–H groups in total. The highest BCUT2D eigenvalue weighted by Gasteiger charge is 2.16. The number of nitriles is 1. The predicted molar refractivity (Wildman–Crippen MR) is 145 cm³/mol. The summed E-state index contributed by atoms with van der Waals surface area (Å²) in [5, 5.41) is 21.5. The molecule has 7 nitrogen and oxygen atoms in total. The van der Waals surface area contributed by atoms with Gasteiger partial charge in [0, 0.05) is 0 Å². The van der Waals surface area contributed by atoms with Gasteiger partial charge in [-0.1, -0.05) is 42.5 Å². The Kier molecular flexibility index (Phi) is 9.47. The van der Waals surface area contributed by atoms with Crippen LogP contribution in [0.2, 0.25) is 0 Å². The molecule has 0 saturated heterocycles. The zero-order chi connectivity index (χ0) is 26.1.